The highest BCUT2D eigenvalue weighted by Gasteiger charge is 2.11. The zero-order valence-corrected chi connectivity index (χ0v) is 12.0. The van der Waals surface area contributed by atoms with Gasteiger partial charge in [-0.2, -0.15) is 0 Å². The van der Waals surface area contributed by atoms with Crippen molar-refractivity contribution in [2.45, 2.75) is 6.92 Å². The lowest BCUT2D eigenvalue weighted by molar-refractivity contribution is 0.969. The van der Waals surface area contributed by atoms with Crippen LogP contribution in [0.2, 0.25) is 0 Å². The van der Waals surface area contributed by atoms with Crippen LogP contribution in [0.5, 0.6) is 0 Å². The van der Waals surface area contributed by atoms with Gasteiger partial charge in [0.2, 0.25) is 0 Å². The Kier molecular flexibility index (Phi) is 2.54. The minimum atomic E-state index is 0.945. The van der Waals surface area contributed by atoms with Crippen molar-refractivity contribution >= 4 is 21.9 Å². The van der Waals surface area contributed by atoms with Crippen molar-refractivity contribution in [1.29, 1.82) is 0 Å². The van der Waals surface area contributed by atoms with E-state index in [2.05, 4.69) is 71.1 Å². The maximum Gasteiger partial charge on any atom is 0.0965 e. The molecule has 0 saturated heterocycles. The predicted molar refractivity (Wildman–Crippen MR) is 86.2 cm³/mol. The molecule has 2 aromatic heterocycles. The maximum atomic E-state index is 4.54. The minimum Gasteiger partial charge on any atom is -0.351 e. The molecule has 0 aliphatic heterocycles. The number of hydrogen-bond acceptors (Lipinski definition) is 2. The normalized spacial score (nSPS) is 11.3. The Hall–Kier alpha value is -2.68. The molecule has 0 aliphatic rings. The van der Waals surface area contributed by atoms with E-state index in [0.717, 1.165) is 16.6 Å². The third kappa shape index (κ3) is 1.82. The monoisotopic (exact) mass is 273 g/mol. The average molecular weight is 273 g/mol. The van der Waals surface area contributed by atoms with Crippen molar-refractivity contribution in [3.05, 3.63) is 60.6 Å². The van der Waals surface area contributed by atoms with Gasteiger partial charge in [-0.05, 0) is 42.3 Å². The molecule has 4 rings (SSSR count). The zero-order valence-electron chi connectivity index (χ0n) is 12.0. The summed E-state index contributed by atoms with van der Waals surface area (Å²) < 4.78 is 2.14. The quantitative estimate of drug-likeness (QED) is 0.523. The van der Waals surface area contributed by atoms with Gasteiger partial charge in [-0.15, -0.1) is 0 Å². The van der Waals surface area contributed by atoms with Crippen LogP contribution in [-0.4, -0.2) is 14.5 Å². The van der Waals surface area contributed by atoms with Crippen molar-refractivity contribution in [2.75, 3.05) is 0 Å². The van der Waals surface area contributed by atoms with E-state index in [1.807, 2.05) is 0 Å². The molecule has 2 heterocycles. The number of aryl methyl sites for hydroxylation is 2. The number of benzene rings is 2. The molecule has 0 N–H and O–H groups in total. The van der Waals surface area contributed by atoms with Gasteiger partial charge in [0.25, 0.3) is 0 Å². The number of rotatable bonds is 1. The van der Waals surface area contributed by atoms with Crippen molar-refractivity contribution in [2.24, 2.45) is 7.05 Å². The Bertz CT molecular complexity index is 967. The summed E-state index contributed by atoms with van der Waals surface area (Å²) in [5.74, 6) is 0. The van der Waals surface area contributed by atoms with Crippen molar-refractivity contribution in [3.63, 3.8) is 0 Å². The van der Waals surface area contributed by atoms with Gasteiger partial charge in [0, 0.05) is 42.1 Å². The van der Waals surface area contributed by atoms with E-state index >= 15 is 0 Å². The fraction of sp³-hybridized carbons (Fsp3) is 0.111. The van der Waals surface area contributed by atoms with Crippen LogP contribution >= 0.6 is 0 Å². The zero-order chi connectivity index (χ0) is 14.4. The second kappa shape index (κ2) is 4.42. The first kappa shape index (κ1) is 12.1. The molecule has 4 aromatic rings. The van der Waals surface area contributed by atoms with E-state index in [4.69, 9.17) is 0 Å². The minimum absolute atomic E-state index is 0.945. The first-order chi connectivity index (χ1) is 10.2. The van der Waals surface area contributed by atoms with E-state index in [1.165, 1.54) is 22.0 Å². The fourth-order valence-electron chi connectivity index (χ4n) is 2.96. The van der Waals surface area contributed by atoms with Crippen LogP contribution in [0, 0.1) is 6.92 Å². The molecule has 0 aliphatic carbocycles. The summed E-state index contributed by atoms with van der Waals surface area (Å²) in [7, 11) is 2.07. The Balaban J connectivity index is 2.14. The number of hydrogen-bond donors (Lipinski definition) is 0. The molecule has 0 unspecified atom stereocenters. The maximum absolute atomic E-state index is 4.54. The first-order valence-electron chi connectivity index (χ1n) is 7.00. The van der Waals surface area contributed by atoms with Crippen LogP contribution in [0.25, 0.3) is 33.1 Å². The lowest BCUT2D eigenvalue weighted by Crippen LogP contribution is -1.90. The molecule has 0 fully saturated rings. The number of nitrogens with zero attached hydrogens (tertiary/aromatic N) is 3. The molecule has 3 nitrogen and oxygen atoms in total. The summed E-state index contributed by atoms with van der Waals surface area (Å²) >= 11 is 0. The van der Waals surface area contributed by atoms with Crippen molar-refractivity contribution in [1.82, 2.24) is 14.5 Å². The summed E-state index contributed by atoms with van der Waals surface area (Å²) in [5.41, 5.74) is 6.69. The number of aromatic nitrogens is 3. The Labute approximate surface area is 122 Å². The topological polar surface area (TPSA) is 30.7 Å². The highest BCUT2D eigenvalue weighted by molar-refractivity contribution is 6.02. The molecule has 0 amide bonds. The summed E-state index contributed by atoms with van der Waals surface area (Å²) in [5, 5.41) is 1.25. The van der Waals surface area contributed by atoms with Crippen molar-refractivity contribution in [3.8, 4) is 11.1 Å². The second-order valence-corrected chi connectivity index (χ2v) is 5.40. The van der Waals surface area contributed by atoms with E-state index in [9.17, 15) is 0 Å². The molecule has 3 heteroatoms. The molecule has 102 valence electrons. The van der Waals surface area contributed by atoms with E-state index in [0.29, 0.717) is 0 Å². The fourth-order valence-corrected chi connectivity index (χ4v) is 2.96. The number of fused-ring (bicyclic) bond motifs is 2. The smallest absolute Gasteiger partial charge is 0.0965 e. The lowest BCUT2D eigenvalue weighted by atomic mass is 9.98. The standard InChI is InChI=1S/C18H15N3/c1-12-10-15(18-16(11-12)19-7-8-20-18)13-4-3-5-17-14(13)6-9-21(17)2/h3-11H,1-2H3. The van der Waals surface area contributed by atoms with Crippen LogP contribution in [0.1, 0.15) is 5.56 Å². The molecule has 0 saturated carbocycles. The van der Waals surface area contributed by atoms with Gasteiger partial charge in [0.1, 0.15) is 0 Å². The molecule has 0 atom stereocenters. The highest BCUT2D eigenvalue weighted by Crippen LogP contribution is 2.33. The predicted octanol–water partition coefficient (Wildman–Crippen LogP) is 4.10. The molecule has 0 bridgehead atoms. The van der Waals surface area contributed by atoms with Crippen LogP contribution in [0.3, 0.4) is 0 Å². The third-order valence-electron chi connectivity index (χ3n) is 3.94. The lowest BCUT2D eigenvalue weighted by Gasteiger charge is -2.09. The second-order valence-electron chi connectivity index (χ2n) is 5.40. The molecular formula is C18H15N3. The van der Waals surface area contributed by atoms with Crippen LogP contribution in [0.15, 0.2) is 55.0 Å². The van der Waals surface area contributed by atoms with E-state index < -0.39 is 0 Å². The summed E-state index contributed by atoms with van der Waals surface area (Å²) in [6.07, 6.45) is 5.60. The van der Waals surface area contributed by atoms with Gasteiger partial charge < -0.3 is 4.57 Å². The molecule has 0 radical (unpaired) electrons. The molecule has 21 heavy (non-hydrogen) atoms. The molecular weight excluding hydrogens is 258 g/mol. The van der Waals surface area contributed by atoms with Gasteiger partial charge in [0.15, 0.2) is 0 Å². The van der Waals surface area contributed by atoms with Gasteiger partial charge in [-0.1, -0.05) is 12.1 Å². The van der Waals surface area contributed by atoms with Crippen LogP contribution in [-0.2, 0) is 7.05 Å². The van der Waals surface area contributed by atoms with Gasteiger partial charge in [-0.3, -0.25) is 9.97 Å². The Morgan fingerprint density at radius 1 is 0.952 bits per heavy atom. The van der Waals surface area contributed by atoms with E-state index in [-0.39, 0.29) is 0 Å². The van der Waals surface area contributed by atoms with Gasteiger partial charge in [-0.25, -0.2) is 0 Å². The third-order valence-corrected chi connectivity index (χ3v) is 3.94. The van der Waals surface area contributed by atoms with Crippen LogP contribution < -0.4 is 0 Å². The van der Waals surface area contributed by atoms with Gasteiger partial charge >= 0.3 is 0 Å². The largest absolute Gasteiger partial charge is 0.351 e. The summed E-state index contributed by atoms with van der Waals surface area (Å²) in [4.78, 5) is 8.99. The Morgan fingerprint density at radius 3 is 2.71 bits per heavy atom. The van der Waals surface area contributed by atoms with E-state index in [1.54, 1.807) is 12.4 Å². The van der Waals surface area contributed by atoms with Crippen molar-refractivity contribution < 1.29 is 0 Å². The van der Waals surface area contributed by atoms with Gasteiger partial charge in [0.05, 0.1) is 11.0 Å². The summed E-state index contributed by atoms with van der Waals surface area (Å²) in [6.45, 7) is 2.10. The SMILES string of the molecule is Cc1cc(-c2cccc3c2ccn3C)c2nccnc2c1. The van der Waals surface area contributed by atoms with Crippen LogP contribution in [0.4, 0.5) is 0 Å². The first-order valence-corrected chi connectivity index (χ1v) is 7.00. The summed E-state index contributed by atoms with van der Waals surface area (Å²) in [6, 6.07) is 12.8. The molecule has 2 aromatic carbocycles. The average Bonchev–Trinajstić information content (AvgIpc) is 2.88. The molecule has 0 spiro atoms. The Morgan fingerprint density at radius 2 is 1.81 bits per heavy atom. The highest BCUT2D eigenvalue weighted by atomic mass is 14.9.